The molecule has 0 aromatic carbocycles. The van der Waals surface area contributed by atoms with Crippen LogP contribution >= 0.6 is 0 Å². The molecule has 0 spiro atoms. The Kier molecular flexibility index (Phi) is 8.68. The highest BCUT2D eigenvalue weighted by Crippen LogP contribution is 2.07. The predicted molar refractivity (Wildman–Crippen MR) is 115 cm³/mol. The number of hydrogen-bond acceptors (Lipinski definition) is 6. The fourth-order valence-corrected chi connectivity index (χ4v) is 2.30. The van der Waals surface area contributed by atoms with Crippen molar-refractivity contribution in [1.29, 1.82) is 0 Å². The summed E-state index contributed by atoms with van der Waals surface area (Å²) in [5.74, 6) is 0.316. The first kappa shape index (κ1) is 23.5. The maximum Gasteiger partial charge on any atom is 0.407 e. The van der Waals surface area contributed by atoms with E-state index in [4.69, 9.17) is 13.6 Å². The number of carbonyl (C=O) groups excluding carboxylic acids is 3. The molecule has 31 heavy (non-hydrogen) atoms. The van der Waals surface area contributed by atoms with Crippen LogP contribution in [0.15, 0.2) is 57.8 Å². The van der Waals surface area contributed by atoms with Gasteiger partial charge in [0.25, 0.3) is 0 Å². The monoisotopic (exact) mass is 429 g/mol. The second-order valence-electron chi connectivity index (χ2n) is 7.53. The lowest BCUT2D eigenvalue weighted by molar-refractivity contribution is -0.116. The van der Waals surface area contributed by atoms with Crippen molar-refractivity contribution < 1.29 is 28.0 Å². The first-order valence-electron chi connectivity index (χ1n) is 9.69. The van der Waals surface area contributed by atoms with Crippen molar-refractivity contribution >= 4 is 30.1 Å². The van der Waals surface area contributed by atoms with Gasteiger partial charge in [-0.15, -0.1) is 0 Å². The SMILES string of the molecule is CC(C)(C)OC(=O)NC(CNC(=O)/C=C\c1ccco1)CNC(=O)/C=C/c1ccco1. The fourth-order valence-electron chi connectivity index (χ4n) is 2.30. The fraction of sp³-hybridized carbons (Fsp3) is 0.318. The Morgan fingerprint density at radius 1 is 0.935 bits per heavy atom. The Labute approximate surface area is 180 Å². The molecule has 0 bridgehead atoms. The van der Waals surface area contributed by atoms with Gasteiger partial charge in [0.1, 0.15) is 17.1 Å². The maximum atomic E-state index is 12.1. The summed E-state index contributed by atoms with van der Waals surface area (Å²) in [5, 5.41) is 7.99. The Hall–Kier alpha value is -3.75. The van der Waals surface area contributed by atoms with Gasteiger partial charge in [-0.2, -0.15) is 0 Å². The van der Waals surface area contributed by atoms with Crippen LogP contribution < -0.4 is 16.0 Å². The Bertz CT molecular complexity index is 832. The third kappa shape index (κ3) is 10.0. The average molecular weight is 429 g/mol. The normalized spacial score (nSPS) is 12.6. The molecule has 3 amide bonds. The van der Waals surface area contributed by atoms with Crippen LogP contribution in [-0.4, -0.2) is 42.6 Å². The minimum atomic E-state index is -0.682. The van der Waals surface area contributed by atoms with Gasteiger partial charge in [0.15, 0.2) is 0 Å². The quantitative estimate of drug-likeness (QED) is 0.527. The molecular weight excluding hydrogens is 402 g/mol. The zero-order valence-corrected chi connectivity index (χ0v) is 17.7. The van der Waals surface area contributed by atoms with Crippen LogP contribution in [0.5, 0.6) is 0 Å². The Balaban J connectivity index is 1.89. The van der Waals surface area contributed by atoms with E-state index in [0.717, 1.165) is 0 Å². The number of rotatable bonds is 9. The number of nitrogens with one attached hydrogen (secondary N) is 3. The van der Waals surface area contributed by atoms with E-state index in [-0.39, 0.29) is 24.9 Å². The van der Waals surface area contributed by atoms with Crippen molar-refractivity contribution in [3.05, 3.63) is 60.5 Å². The third-order valence-corrected chi connectivity index (χ3v) is 3.65. The van der Waals surface area contributed by atoms with Gasteiger partial charge >= 0.3 is 6.09 Å². The molecule has 1 unspecified atom stereocenters. The molecule has 3 N–H and O–H groups in total. The van der Waals surface area contributed by atoms with Crippen LogP contribution in [0.2, 0.25) is 0 Å². The van der Waals surface area contributed by atoms with Crippen LogP contribution in [0.3, 0.4) is 0 Å². The van der Waals surface area contributed by atoms with Crippen molar-refractivity contribution in [3.8, 4) is 0 Å². The highest BCUT2D eigenvalue weighted by atomic mass is 16.6. The van der Waals surface area contributed by atoms with Crippen molar-refractivity contribution in [2.45, 2.75) is 32.4 Å². The molecule has 0 saturated carbocycles. The standard InChI is InChI=1S/C22H27N3O6/c1-22(2,3)31-21(28)25-16(14-23-19(26)10-8-17-6-4-12-29-17)15-24-20(27)11-9-18-7-5-13-30-18/h4-13,16H,14-15H2,1-3H3,(H,23,26)(H,24,27)(H,25,28)/b10-8-,11-9+. The van der Waals surface area contributed by atoms with Crippen LogP contribution in [0, 0.1) is 0 Å². The van der Waals surface area contributed by atoms with Gasteiger partial charge in [0, 0.05) is 25.2 Å². The number of alkyl carbamates (subject to hydrolysis) is 1. The summed E-state index contributed by atoms with van der Waals surface area (Å²) in [6.45, 7) is 5.36. The van der Waals surface area contributed by atoms with Gasteiger partial charge in [-0.3, -0.25) is 9.59 Å². The van der Waals surface area contributed by atoms with Crippen LogP contribution in [0.1, 0.15) is 32.3 Å². The molecule has 2 rings (SSSR count). The van der Waals surface area contributed by atoms with Gasteiger partial charge in [-0.1, -0.05) is 0 Å². The number of amides is 3. The molecule has 0 aliphatic rings. The first-order chi connectivity index (χ1) is 14.7. The summed E-state index contributed by atoms with van der Waals surface area (Å²) in [6, 6.07) is 6.24. The van der Waals surface area contributed by atoms with Crippen molar-refractivity contribution in [3.63, 3.8) is 0 Å². The number of furan rings is 2. The minimum Gasteiger partial charge on any atom is -0.465 e. The van der Waals surface area contributed by atoms with E-state index in [1.165, 1.54) is 36.8 Å². The lowest BCUT2D eigenvalue weighted by atomic mass is 10.2. The molecule has 2 heterocycles. The van der Waals surface area contributed by atoms with Gasteiger partial charge in [-0.05, 0) is 57.2 Å². The van der Waals surface area contributed by atoms with Crippen molar-refractivity contribution in [2.24, 2.45) is 0 Å². The summed E-state index contributed by atoms with van der Waals surface area (Å²) < 4.78 is 15.5. The number of carbonyl (C=O) groups is 3. The molecule has 0 aliphatic heterocycles. The van der Waals surface area contributed by atoms with E-state index in [2.05, 4.69) is 16.0 Å². The molecule has 0 radical (unpaired) electrons. The number of ether oxygens (including phenoxy) is 1. The summed E-state index contributed by atoms with van der Waals surface area (Å²) in [7, 11) is 0. The predicted octanol–water partition coefficient (Wildman–Crippen LogP) is 2.72. The molecule has 0 fully saturated rings. The molecule has 9 nitrogen and oxygen atoms in total. The largest absolute Gasteiger partial charge is 0.465 e. The smallest absolute Gasteiger partial charge is 0.407 e. The topological polar surface area (TPSA) is 123 Å². The highest BCUT2D eigenvalue weighted by Gasteiger charge is 2.20. The maximum absolute atomic E-state index is 12.1. The van der Waals surface area contributed by atoms with E-state index in [9.17, 15) is 14.4 Å². The Morgan fingerprint density at radius 2 is 1.42 bits per heavy atom. The van der Waals surface area contributed by atoms with E-state index < -0.39 is 17.7 Å². The van der Waals surface area contributed by atoms with Gasteiger partial charge in [-0.25, -0.2) is 4.79 Å². The van der Waals surface area contributed by atoms with Crippen molar-refractivity contribution in [1.82, 2.24) is 16.0 Å². The molecule has 1 atom stereocenters. The molecule has 2 aromatic heterocycles. The average Bonchev–Trinajstić information content (AvgIpc) is 3.39. The zero-order chi connectivity index (χ0) is 22.7. The van der Waals surface area contributed by atoms with Crippen LogP contribution in [0.4, 0.5) is 4.79 Å². The van der Waals surface area contributed by atoms with Crippen LogP contribution in [-0.2, 0) is 14.3 Å². The second kappa shape index (κ2) is 11.4. The molecular formula is C22H27N3O6. The van der Waals surface area contributed by atoms with Gasteiger partial charge < -0.3 is 29.5 Å². The van der Waals surface area contributed by atoms with Crippen LogP contribution in [0.25, 0.3) is 12.2 Å². The van der Waals surface area contributed by atoms with E-state index in [1.807, 2.05) is 0 Å². The summed E-state index contributed by atoms with van der Waals surface area (Å²) >= 11 is 0. The number of hydrogen-bond donors (Lipinski definition) is 3. The van der Waals surface area contributed by atoms with E-state index in [0.29, 0.717) is 11.5 Å². The van der Waals surface area contributed by atoms with Gasteiger partial charge in [0.05, 0.1) is 18.6 Å². The third-order valence-electron chi connectivity index (χ3n) is 3.65. The highest BCUT2D eigenvalue weighted by molar-refractivity contribution is 5.92. The molecule has 2 aromatic rings. The summed E-state index contributed by atoms with van der Waals surface area (Å²) in [6.07, 6.45) is 8.02. The van der Waals surface area contributed by atoms with E-state index in [1.54, 1.807) is 45.0 Å². The molecule has 9 heteroatoms. The lowest BCUT2D eigenvalue weighted by Gasteiger charge is -2.24. The molecule has 0 saturated heterocycles. The minimum absolute atomic E-state index is 0.0722. The molecule has 166 valence electrons. The summed E-state index contributed by atoms with van der Waals surface area (Å²) in [4.78, 5) is 36.2. The van der Waals surface area contributed by atoms with E-state index >= 15 is 0 Å². The zero-order valence-electron chi connectivity index (χ0n) is 17.7. The first-order valence-corrected chi connectivity index (χ1v) is 9.69. The molecule has 0 aliphatic carbocycles. The summed E-state index contributed by atoms with van der Waals surface area (Å²) in [5.41, 5.74) is -0.682. The van der Waals surface area contributed by atoms with Gasteiger partial charge in [0.2, 0.25) is 11.8 Å². The van der Waals surface area contributed by atoms with Crippen molar-refractivity contribution in [2.75, 3.05) is 13.1 Å². The lowest BCUT2D eigenvalue weighted by Crippen LogP contribution is -2.50. The second-order valence-corrected chi connectivity index (χ2v) is 7.53. The Morgan fingerprint density at radius 3 is 1.81 bits per heavy atom.